The van der Waals surface area contributed by atoms with Crippen molar-refractivity contribution in [2.75, 3.05) is 6.61 Å². The zero-order chi connectivity index (χ0) is 7.68. The summed E-state index contributed by atoms with van der Waals surface area (Å²) in [5.41, 5.74) is 0. The van der Waals surface area contributed by atoms with E-state index in [0.29, 0.717) is 0 Å². The lowest BCUT2D eigenvalue weighted by molar-refractivity contribution is -0.132. The van der Waals surface area contributed by atoms with Crippen molar-refractivity contribution in [3.8, 4) is 0 Å². The molecule has 2 rings (SSSR count). The third-order valence-electron chi connectivity index (χ3n) is 1.70. The second-order valence-corrected chi connectivity index (χ2v) is 2.51. The number of carbonyl (C=O) groups is 1. The number of nitrogens with one attached hydrogen (secondary N) is 1. The van der Waals surface area contributed by atoms with Gasteiger partial charge in [0.05, 0.1) is 6.04 Å². The molecule has 2 aliphatic rings. The lowest BCUT2D eigenvalue weighted by Gasteiger charge is -2.28. The van der Waals surface area contributed by atoms with E-state index in [-0.39, 0.29) is 24.7 Å². The molecule has 11 heavy (non-hydrogen) atoms. The summed E-state index contributed by atoms with van der Waals surface area (Å²) < 4.78 is 5.20. The smallest absolute Gasteiger partial charge is 0.246 e. The Morgan fingerprint density at radius 3 is 3.55 bits per heavy atom. The Balaban J connectivity index is 2.12. The summed E-state index contributed by atoms with van der Waals surface area (Å²) >= 11 is 0. The van der Waals surface area contributed by atoms with Gasteiger partial charge in [-0.3, -0.25) is 9.79 Å². The number of fused-ring (bicyclic) bond motifs is 1. The monoisotopic (exact) mass is 152 g/mol. The van der Waals surface area contributed by atoms with Crippen molar-refractivity contribution < 1.29 is 9.53 Å². The van der Waals surface area contributed by atoms with Crippen LogP contribution in [0.5, 0.6) is 0 Å². The molecule has 1 saturated heterocycles. The summed E-state index contributed by atoms with van der Waals surface area (Å²) in [5, 5.41) is 2.75. The molecule has 1 N–H and O–H groups in total. The van der Waals surface area contributed by atoms with Crippen LogP contribution in [0.4, 0.5) is 0 Å². The third kappa shape index (κ3) is 1.17. The van der Waals surface area contributed by atoms with Crippen molar-refractivity contribution in [3.63, 3.8) is 0 Å². The van der Waals surface area contributed by atoms with Crippen LogP contribution in [0.1, 0.15) is 0 Å². The second kappa shape index (κ2) is 2.47. The second-order valence-electron chi connectivity index (χ2n) is 2.51. The molecule has 0 aromatic rings. The van der Waals surface area contributed by atoms with E-state index in [1.165, 1.54) is 0 Å². The summed E-state index contributed by atoms with van der Waals surface area (Å²) in [6, 6.07) is -0.0683. The predicted octanol–water partition coefficient (Wildman–Crippen LogP) is -0.532. The zero-order valence-corrected chi connectivity index (χ0v) is 5.86. The van der Waals surface area contributed by atoms with Crippen LogP contribution in [0.3, 0.4) is 0 Å². The molecule has 58 valence electrons. The van der Waals surface area contributed by atoms with Crippen molar-refractivity contribution in [3.05, 3.63) is 12.3 Å². The van der Waals surface area contributed by atoms with Gasteiger partial charge in [-0.15, -0.1) is 0 Å². The molecule has 2 atom stereocenters. The van der Waals surface area contributed by atoms with Crippen LogP contribution in [-0.4, -0.2) is 30.9 Å². The van der Waals surface area contributed by atoms with Crippen molar-refractivity contribution >= 4 is 12.1 Å². The molecule has 0 saturated carbocycles. The van der Waals surface area contributed by atoms with Gasteiger partial charge in [0.1, 0.15) is 12.7 Å². The average molecular weight is 152 g/mol. The van der Waals surface area contributed by atoms with Gasteiger partial charge in [-0.05, 0) is 6.08 Å². The molecule has 0 aromatic carbocycles. The molecule has 0 aliphatic carbocycles. The Labute approximate surface area is 63.9 Å². The van der Waals surface area contributed by atoms with Gasteiger partial charge >= 0.3 is 0 Å². The quantitative estimate of drug-likeness (QED) is 0.507. The van der Waals surface area contributed by atoms with Crippen LogP contribution in [0.25, 0.3) is 0 Å². The SMILES string of the molecule is O=C1COC2C=CN=CC2N1. The van der Waals surface area contributed by atoms with E-state index in [1.54, 1.807) is 12.4 Å². The van der Waals surface area contributed by atoms with Gasteiger partial charge in [-0.1, -0.05) is 0 Å². The molecular weight excluding hydrogens is 144 g/mol. The number of hydrogen-bond acceptors (Lipinski definition) is 3. The largest absolute Gasteiger partial charge is 0.362 e. The minimum Gasteiger partial charge on any atom is -0.362 e. The summed E-state index contributed by atoms with van der Waals surface area (Å²) in [7, 11) is 0. The molecule has 0 radical (unpaired) electrons. The molecule has 1 amide bonds. The summed E-state index contributed by atoms with van der Waals surface area (Å²) in [6.45, 7) is 0.152. The van der Waals surface area contributed by atoms with Gasteiger partial charge in [0, 0.05) is 12.4 Å². The minimum atomic E-state index is -0.0759. The van der Waals surface area contributed by atoms with Gasteiger partial charge in [-0.2, -0.15) is 0 Å². The first-order chi connectivity index (χ1) is 5.36. The lowest BCUT2D eigenvalue weighted by Crippen LogP contribution is -2.52. The third-order valence-corrected chi connectivity index (χ3v) is 1.70. The maximum Gasteiger partial charge on any atom is 0.246 e. The minimum absolute atomic E-state index is 0.0230. The molecule has 0 spiro atoms. The van der Waals surface area contributed by atoms with Gasteiger partial charge in [0.15, 0.2) is 0 Å². The highest BCUT2D eigenvalue weighted by Crippen LogP contribution is 2.08. The highest BCUT2D eigenvalue weighted by atomic mass is 16.5. The molecule has 4 nitrogen and oxygen atoms in total. The van der Waals surface area contributed by atoms with Crippen molar-refractivity contribution in [1.82, 2.24) is 5.32 Å². The van der Waals surface area contributed by atoms with Crippen LogP contribution in [-0.2, 0) is 9.53 Å². The highest BCUT2D eigenvalue weighted by molar-refractivity contribution is 5.83. The van der Waals surface area contributed by atoms with Crippen LogP contribution in [0.2, 0.25) is 0 Å². The number of hydrogen-bond donors (Lipinski definition) is 1. The van der Waals surface area contributed by atoms with Crippen LogP contribution < -0.4 is 5.32 Å². The number of amides is 1. The number of aliphatic imine (C=N–C) groups is 1. The molecule has 0 aromatic heterocycles. The Morgan fingerprint density at radius 1 is 1.73 bits per heavy atom. The van der Waals surface area contributed by atoms with Crippen molar-refractivity contribution in [1.29, 1.82) is 0 Å². The van der Waals surface area contributed by atoms with E-state index in [1.807, 2.05) is 6.08 Å². The van der Waals surface area contributed by atoms with E-state index >= 15 is 0 Å². The van der Waals surface area contributed by atoms with Gasteiger partial charge < -0.3 is 10.1 Å². The van der Waals surface area contributed by atoms with Crippen LogP contribution in [0.15, 0.2) is 17.3 Å². The number of ether oxygens (including phenoxy) is 1. The van der Waals surface area contributed by atoms with Gasteiger partial charge in [0.25, 0.3) is 0 Å². The van der Waals surface area contributed by atoms with Crippen LogP contribution in [0, 0.1) is 0 Å². The first-order valence-electron chi connectivity index (χ1n) is 3.47. The number of morpholine rings is 1. The Morgan fingerprint density at radius 2 is 2.64 bits per heavy atom. The molecular formula is C7H8N2O2. The first-order valence-corrected chi connectivity index (χ1v) is 3.47. The van der Waals surface area contributed by atoms with Gasteiger partial charge in [0.2, 0.25) is 5.91 Å². The Kier molecular flexibility index (Phi) is 1.47. The van der Waals surface area contributed by atoms with Gasteiger partial charge in [-0.25, -0.2) is 0 Å². The van der Waals surface area contributed by atoms with E-state index in [9.17, 15) is 4.79 Å². The van der Waals surface area contributed by atoms with E-state index in [2.05, 4.69) is 10.3 Å². The average Bonchev–Trinajstić information content (AvgIpc) is 2.04. The normalized spacial score (nSPS) is 34.7. The zero-order valence-electron chi connectivity index (χ0n) is 5.86. The molecule has 2 aliphatic heterocycles. The maximum atomic E-state index is 10.8. The van der Waals surface area contributed by atoms with Crippen LogP contribution >= 0.6 is 0 Å². The maximum absolute atomic E-state index is 10.8. The first kappa shape index (κ1) is 6.54. The summed E-state index contributed by atoms with van der Waals surface area (Å²) in [5.74, 6) is -0.0759. The molecule has 1 fully saturated rings. The van der Waals surface area contributed by atoms with E-state index in [0.717, 1.165) is 0 Å². The Hall–Kier alpha value is -1.16. The molecule has 0 bridgehead atoms. The number of rotatable bonds is 0. The highest BCUT2D eigenvalue weighted by Gasteiger charge is 2.27. The fraction of sp³-hybridized carbons (Fsp3) is 0.429. The van der Waals surface area contributed by atoms with E-state index < -0.39 is 0 Å². The summed E-state index contributed by atoms with van der Waals surface area (Å²) in [4.78, 5) is 14.7. The Bertz CT molecular complexity index is 235. The molecule has 2 heterocycles. The van der Waals surface area contributed by atoms with E-state index in [4.69, 9.17) is 4.74 Å². The standard InChI is InChI=1S/C7H8N2O2/c10-7-4-11-6-1-2-8-3-5(6)9-7/h1-3,5-6H,4H2,(H,9,10). The number of carbonyl (C=O) groups excluding carboxylic acids is 1. The molecule has 2 unspecified atom stereocenters. The number of nitrogens with zero attached hydrogens (tertiary/aromatic N) is 1. The fourth-order valence-corrected chi connectivity index (χ4v) is 1.16. The topological polar surface area (TPSA) is 50.7 Å². The van der Waals surface area contributed by atoms with Crippen molar-refractivity contribution in [2.24, 2.45) is 4.99 Å². The lowest BCUT2D eigenvalue weighted by atomic mass is 10.1. The molecule has 4 heteroatoms. The fourth-order valence-electron chi connectivity index (χ4n) is 1.16. The van der Waals surface area contributed by atoms with Crippen molar-refractivity contribution in [2.45, 2.75) is 12.1 Å². The summed E-state index contributed by atoms with van der Waals surface area (Å²) in [6.07, 6.45) is 5.18. The predicted molar refractivity (Wildman–Crippen MR) is 39.3 cm³/mol.